The number of benzene rings is 4. The first-order valence-corrected chi connectivity index (χ1v) is 41.5. The topological polar surface area (TPSA) is 98.8 Å². The lowest BCUT2D eigenvalue weighted by Gasteiger charge is -2.25. The second kappa shape index (κ2) is 49.2. The van der Waals surface area contributed by atoms with Gasteiger partial charge in [0, 0.05) is 0 Å². The molecule has 493 valence electrons. The van der Waals surface area contributed by atoms with Gasteiger partial charge in [0.15, 0.2) is 28.9 Å². The van der Waals surface area contributed by atoms with E-state index in [-0.39, 0.29) is 0 Å². The third-order valence-electron chi connectivity index (χ3n) is 16.7. The van der Waals surface area contributed by atoms with E-state index in [0.29, 0.717) is 66.3 Å². The molecule has 11 heteroatoms. The fourth-order valence-corrected chi connectivity index (χ4v) is 17.4. The molecule has 0 atom stereocenters. The monoisotopic (exact) mass is 1250 g/mol. The van der Waals surface area contributed by atoms with Gasteiger partial charge in [0.05, 0.1) is 37.6 Å². The van der Waals surface area contributed by atoms with Crippen molar-refractivity contribution >= 4 is 29.3 Å². The van der Waals surface area contributed by atoms with E-state index in [1.165, 1.54) is 212 Å². The van der Waals surface area contributed by atoms with E-state index in [1.54, 1.807) is 36.4 Å². The van der Waals surface area contributed by atoms with Crippen molar-refractivity contribution in [1.29, 1.82) is 0 Å². The molecule has 0 aliphatic carbocycles. The Morgan fingerprint density at radius 1 is 0.341 bits per heavy atom. The fourth-order valence-electron chi connectivity index (χ4n) is 11.5. The molecule has 9 nitrogen and oxygen atoms in total. The van der Waals surface area contributed by atoms with Crippen LogP contribution in [0.3, 0.4) is 0 Å². The Hall–Kier alpha value is -4.59. The smallest absolute Gasteiger partial charge is 0.343 e. The van der Waals surface area contributed by atoms with Crippen molar-refractivity contribution in [3.8, 4) is 45.6 Å². The molecule has 0 spiro atoms. The zero-order valence-corrected chi connectivity index (χ0v) is 58.9. The van der Waals surface area contributed by atoms with Gasteiger partial charge in [-0.25, -0.2) is 9.59 Å². The van der Waals surface area contributed by atoms with Gasteiger partial charge in [-0.05, 0) is 130 Å². The van der Waals surface area contributed by atoms with Crippen LogP contribution in [-0.2, 0) is 4.12 Å². The van der Waals surface area contributed by atoms with Gasteiger partial charge in [-0.2, -0.15) is 0 Å². The van der Waals surface area contributed by atoms with E-state index in [2.05, 4.69) is 47.0 Å². The number of rotatable bonds is 56. The summed E-state index contributed by atoms with van der Waals surface area (Å²) in [5, 5.41) is 0. The van der Waals surface area contributed by atoms with Gasteiger partial charge in [-0.1, -0.05) is 270 Å². The van der Waals surface area contributed by atoms with Crippen molar-refractivity contribution in [1.82, 2.24) is 0 Å². The number of hydrogen-bond donors (Lipinski definition) is 0. The lowest BCUT2D eigenvalue weighted by Crippen LogP contribution is -2.34. The maximum absolute atomic E-state index is 14.1. The van der Waals surface area contributed by atoms with E-state index in [0.717, 1.165) is 61.8 Å². The van der Waals surface area contributed by atoms with Crippen LogP contribution in [-0.4, -0.2) is 55.7 Å². The minimum Gasteiger partial charge on any atom is -0.494 e. The largest absolute Gasteiger partial charge is 0.494 e. The normalized spacial score (nSPS) is 11.5. The fraction of sp³-hybridized carbons (Fsp3) is 0.662. The summed E-state index contributed by atoms with van der Waals surface area (Å²) in [6, 6.07) is 26.9. The number of esters is 2. The molecule has 4 rings (SSSR count). The summed E-state index contributed by atoms with van der Waals surface area (Å²) < 4.78 is 43.8. The first-order valence-electron chi connectivity index (χ1n) is 35.9. The molecule has 0 saturated carbocycles. The predicted molar refractivity (Wildman–Crippen MR) is 375 cm³/mol. The Morgan fingerprint density at radius 2 is 0.636 bits per heavy atom. The number of hydrogen-bond acceptors (Lipinski definition) is 9. The molecule has 0 aromatic heterocycles. The molecule has 1 radical (unpaired) electrons. The van der Waals surface area contributed by atoms with Crippen molar-refractivity contribution in [2.75, 3.05) is 26.4 Å². The number of unbranched alkanes of at least 4 members (excludes halogenated alkanes) is 35. The zero-order chi connectivity index (χ0) is 63.0. The van der Waals surface area contributed by atoms with Crippen LogP contribution in [0, 0.1) is 0 Å². The molecule has 88 heavy (non-hydrogen) atoms. The molecule has 0 aliphatic heterocycles. The van der Waals surface area contributed by atoms with Gasteiger partial charge in [-0.3, -0.25) is 0 Å². The first-order chi connectivity index (χ1) is 43.0. The Bertz CT molecular complexity index is 2310. The molecule has 4 aromatic rings. The molecule has 0 saturated heterocycles. The van der Waals surface area contributed by atoms with E-state index in [9.17, 15) is 9.59 Å². The van der Waals surface area contributed by atoms with E-state index < -0.39 is 29.3 Å². The second-order valence-electron chi connectivity index (χ2n) is 25.8. The summed E-state index contributed by atoms with van der Waals surface area (Å²) in [4.78, 5) is 27.3. The van der Waals surface area contributed by atoms with E-state index in [1.807, 2.05) is 48.5 Å². The van der Waals surface area contributed by atoms with Crippen LogP contribution in [0.1, 0.15) is 292 Å². The molecule has 0 N–H and O–H groups in total. The molecular formula is C77H123O9Si2. The van der Waals surface area contributed by atoms with E-state index >= 15 is 0 Å². The van der Waals surface area contributed by atoms with Crippen LogP contribution in [0.25, 0.3) is 11.1 Å². The summed E-state index contributed by atoms with van der Waals surface area (Å²) in [6.45, 7) is 18.4. The van der Waals surface area contributed by atoms with Gasteiger partial charge < -0.3 is 32.5 Å². The molecule has 0 bridgehead atoms. The highest BCUT2D eigenvalue weighted by Gasteiger charge is 2.24. The van der Waals surface area contributed by atoms with Crippen LogP contribution >= 0.6 is 0 Å². The molecule has 0 amide bonds. The summed E-state index contributed by atoms with van der Waals surface area (Å²) in [5.74, 6) is 2.38. The van der Waals surface area contributed by atoms with Crippen molar-refractivity contribution in [2.24, 2.45) is 0 Å². The van der Waals surface area contributed by atoms with Crippen LogP contribution < -0.4 is 28.4 Å². The van der Waals surface area contributed by atoms with Crippen LogP contribution in [0.5, 0.6) is 34.5 Å². The van der Waals surface area contributed by atoms with Gasteiger partial charge in [-0.15, -0.1) is 0 Å². The number of carbonyl (C=O) groups is 2. The van der Waals surface area contributed by atoms with Gasteiger partial charge in [0.1, 0.15) is 17.2 Å². The second-order valence-corrected chi connectivity index (χ2v) is 32.4. The summed E-state index contributed by atoms with van der Waals surface area (Å²) in [7, 11) is -2.04. The van der Waals surface area contributed by atoms with Crippen LogP contribution in [0.15, 0.2) is 84.9 Å². The maximum atomic E-state index is 14.1. The summed E-state index contributed by atoms with van der Waals surface area (Å²) in [5.41, 5.74) is 2.68. The third-order valence-corrected chi connectivity index (χ3v) is 22.1. The Labute approximate surface area is 540 Å². The Balaban J connectivity index is 1.30. The molecule has 4 aromatic carbocycles. The quantitative estimate of drug-likeness (QED) is 0.0185. The van der Waals surface area contributed by atoms with Crippen molar-refractivity contribution in [2.45, 2.75) is 303 Å². The minimum atomic E-state index is -1.45. The van der Waals surface area contributed by atoms with Gasteiger partial charge in [0.25, 0.3) is 0 Å². The van der Waals surface area contributed by atoms with Gasteiger partial charge >= 0.3 is 11.9 Å². The average Bonchev–Trinajstić information content (AvgIpc) is 3.63. The van der Waals surface area contributed by atoms with E-state index in [4.69, 9.17) is 32.5 Å². The van der Waals surface area contributed by atoms with Gasteiger partial charge in [0.2, 0.25) is 5.75 Å². The highest BCUT2D eigenvalue weighted by Crippen LogP contribution is 2.40. The van der Waals surface area contributed by atoms with Crippen LogP contribution in [0.2, 0.25) is 32.2 Å². The summed E-state index contributed by atoms with van der Waals surface area (Å²) in [6.07, 6.45) is 48.7. The predicted octanol–water partition coefficient (Wildman–Crippen LogP) is 24.1. The molecule has 0 fully saturated rings. The Kier molecular flexibility index (Phi) is 42.4. The molecule has 0 heterocycles. The highest BCUT2D eigenvalue weighted by molar-refractivity contribution is 6.77. The average molecular weight is 1250 g/mol. The lowest BCUT2D eigenvalue weighted by molar-refractivity contribution is 0.0724. The molecular weight excluding hydrogens is 1130 g/mol. The summed E-state index contributed by atoms with van der Waals surface area (Å²) >= 11 is 0. The lowest BCUT2D eigenvalue weighted by atomic mass is 10.1. The standard InChI is InChI=1S/C77H123O9Si2/c1-8-11-14-17-20-23-27-33-38-43-60-81-73-64-69(65-74(82-61-44-39-34-28-24-21-18-15-12-9-2)75(73)83-62-45-40-35-29-25-22-19-16-13-10-3)77(79)85-72-57-49-67(50-58-72)66-47-55-71(56-48-66)84-76(78)68-51-53-70(54-52-68)80-59-42-37-32-30-26-31-36-41-46-63-88(6,7)86-87(4)5/h47-58,64-65H,8-46,59-63H2,1-7H3. The number of ether oxygens (including phenoxy) is 6. The minimum absolute atomic E-state index is 0.361. The molecule has 0 aliphatic rings. The molecule has 0 unspecified atom stereocenters. The third kappa shape index (κ3) is 35.7. The van der Waals surface area contributed by atoms with Crippen molar-refractivity contribution in [3.05, 3.63) is 96.1 Å². The SMILES string of the molecule is CCCCCCCCCCCCOc1cc(C(=O)Oc2ccc(-c3ccc(OC(=O)c4ccc(OCCCCCCCCCCC[Si](C)(C)O[Si](C)C)cc4)cc3)cc2)cc(OCCCCCCCCCCCC)c1OCCCCCCCCCCCC. The van der Waals surface area contributed by atoms with Crippen LogP contribution in [0.4, 0.5) is 0 Å². The number of carbonyl (C=O) groups excluding carboxylic acids is 2. The zero-order valence-electron chi connectivity index (χ0n) is 56.9. The van der Waals surface area contributed by atoms with Crippen molar-refractivity contribution < 1.29 is 42.1 Å². The van der Waals surface area contributed by atoms with Crippen molar-refractivity contribution in [3.63, 3.8) is 0 Å². The Morgan fingerprint density at radius 3 is 0.989 bits per heavy atom. The highest BCUT2D eigenvalue weighted by atomic mass is 28.4. The maximum Gasteiger partial charge on any atom is 0.343 e. The first kappa shape index (κ1) is 75.9.